The first-order valence-electron chi connectivity index (χ1n) is 6.39. The lowest BCUT2D eigenvalue weighted by molar-refractivity contribution is -0.387. The lowest BCUT2D eigenvalue weighted by Gasteiger charge is -2.09. The van der Waals surface area contributed by atoms with E-state index in [9.17, 15) is 14.5 Å². The van der Waals surface area contributed by atoms with Gasteiger partial charge in [-0.05, 0) is 30.7 Å². The van der Waals surface area contributed by atoms with E-state index >= 15 is 0 Å². The van der Waals surface area contributed by atoms with Crippen LogP contribution in [0.25, 0.3) is 6.08 Å². The summed E-state index contributed by atoms with van der Waals surface area (Å²) in [6.07, 6.45) is 3.81. The van der Waals surface area contributed by atoms with Gasteiger partial charge in [-0.1, -0.05) is 30.4 Å². The topological polar surface area (TPSA) is 52.4 Å². The third-order valence-electron chi connectivity index (χ3n) is 2.87. The minimum Gasteiger partial charge on any atom is -0.488 e. The molecule has 0 saturated heterocycles. The predicted octanol–water partition coefficient (Wildman–Crippen LogP) is 4.35. The van der Waals surface area contributed by atoms with Crippen LogP contribution in [0.1, 0.15) is 18.1 Å². The van der Waals surface area contributed by atoms with Crippen molar-refractivity contribution in [1.82, 2.24) is 0 Å². The van der Waals surface area contributed by atoms with Gasteiger partial charge in [-0.3, -0.25) is 10.1 Å². The molecule has 108 valence electrons. The number of rotatable bonds is 5. The fourth-order valence-corrected chi connectivity index (χ4v) is 1.88. The Morgan fingerprint density at radius 3 is 2.71 bits per heavy atom. The smallest absolute Gasteiger partial charge is 0.304 e. The molecule has 0 amide bonds. The molecule has 21 heavy (non-hydrogen) atoms. The molecule has 0 radical (unpaired) electrons. The average Bonchev–Trinajstić information content (AvgIpc) is 2.46. The molecule has 2 aromatic carbocycles. The Morgan fingerprint density at radius 2 is 2.05 bits per heavy atom. The zero-order valence-corrected chi connectivity index (χ0v) is 11.5. The van der Waals surface area contributed by atoms with Crippen molar-refractivity contribution >= 4 is 11.8 Å². The lowest BCUT2D eigenvalue weighted by Crippen LogP contribution is -1.99. The van der Waals surface area contributed by atoms with Gasteiger partial charge in [-0.25, -0.2) is 0 Å². The van der Waals surface area contributed by atoms with Gasteiger partial charge in [0.05, 0.1) is 4.92 Å². The van der Waals surface area contributed by atoms with Gasteiger partial charge in [0.25, 0.3) is 0 Å². The molecule has 0 saturated carbocycles. The van der Waals surface area contributed by atoms with Crippen molar-refractivity contribution < 1.29 is 14.1 Å². The Bertz CT molecular complexity index is 683. The Balaban J connectivity index is 2.14. The fraction of sp³-hybridized carbons (Fsp3) is 0.125. The highest BCUT2D eigenvalue weighted by atomic mass is 19.1. The summed E-state index contributed by atoms with van der Waals surface area (Å²) in [7, 11) is 0. The van der Waals surface area contributed by atoms with Gasteiger partial charge in [0.15, 0.2) is 0 Å². The third-order valence-corrected chi connectivity index (χ3v) is 2.87. The molecule has 0 aliphatic carbocycles. The highest BCUT2D eigenvalue weighted by Crippen LogP contribution is 2.22. The monoisotopic (exact) mass is 287 g/mol. The van der Waals surface area contributed by atoms with Crippen molar-refractivity contribution in [3.05, 3.63) is 75.6 Å². The van der Waals surface area contributed by atoms with E-state index in [-0.39, 0.29) is 6.61 Å². The molecule has 0 atom stereocenters. The Labute approximate surface area is 121 Å². The van der Waals surface area contributed by atoms with Gasteiger partial charge in [-0.15, -0.1) is 0 Å². The van der Waals surface area contributed by atoms with Gasteiger partial charge in [0, 0.05) is 11.6 Å². The summed E-state index contributed by atoms with van der Waals surface area (Å²) in [5.74, 6) is -0.183. The number of nitrogens with zero attached hydrogens (tertiary/aromatic N) is 1. The number of ether oxygens (including phenoxy) is 1. The first kappa shape index (κ1) is 14.7. The number of allylic oxidation sites excluding steroid dienone is 1. The van der Waals surface area contributed by atoms with Gasteiger partial charge in [-0.2, -0.15) is 4.39 Å². The molecular formula is C16H14FNO3. The maximum absolute atomic E-state index is 13.5. The molecule has 0 unspecified atom stereocenters. The first-order chi connectivity index (χ1) is 10.1. The van der Waals surface area contributed by atoms with E-state index in [0.29, 0.717) is 11.3 Å². The Kier molecular flexibility index (Phi) is 4.66. The van der Waals surface area contributed by atoms with E-state index in [4.69, 9.17) is 4.74 Å². The Hall–Kier alpha value is -2.69. The highest BCUT2D eigenvalue weighted by molar-refractivity contribution is 5.56. The minimum absolute atomic E-state index is 0.142. The van der Waals surface area contributed by atoms with E-state index < -0.39 is 16.4 Å². The number of halogens is 1. The van der Waals surface area contributed by atoms with Crippen molar-refractivity contribution in [2.75, 3.05) is 0 Å². The van der Waals surface area contributed by atoms with Gasteiger partial charge < -0.3 is 4.74 Å². The second-order valence-corrected chi connectivity index (χ2v) is 4.37. The van der Waals surface area contributed by atoms with Crippen LogP contribution in [0.5, 0.6) is 5.75 Å². The minimum atomic E-state index is -0.858. The maximum atomic E-state index is 13.5. The number of hydrogen-bond donors (Lipinski definition) is 0. The van der Waals surface area contributed by atoms with Crippen LogP contribution in [0.3, 0.4) is 0 Å². The van der Waals surface area contributed by atoms with Gasteiger partial charge in [0.1, 0.15) is 12.4 Å². The van der Waals surface area contributed by atoms with E-state index in [1.165, 1.54) is 6.07 Å². The fourth-order valence-electron chi connectivity index (χ4n) is 1.88. The number of nitro benzene ring substituents is 1. The van der Waals surface area contributed by atoms with Crippen LogP contribution in [-0.2, 0) is 6.61 Å². The van der Waals surface area contributed by atoms with Crippen molar-refractivity contribution in [2.45, 2.75) is 13.5 Å². The molecule has 0 N–H and O–H groups in total. The molecular weight excluding hydrogens is 273 g/mol. The molecule has 0 heterocycles. The summed E-state index contributed by atoms with van der Waals surface area (Å²) < 4.78 is 19.2. The third kappa shape index (κ3) is 3.66. The summed E-state index contributed by atoms with van der Waals surface area (Å²) in [6.45, 7) is 2.05. The van der Waals surface area contributed by atoms with Crippen LogP contribution in [0.2, 0.25) is 0 Å². The lowest BCUT2D eigenvalue weighted by atomic mass is 10.2. The van der Waals surface area contributed by atoms with Crippen molar-refractivity contribution in [1.29, 1.82) is 0 Å². The second kappa shape index (κ2) is 6.65. The van der Waals surface area contributed by atoms with Crippen molar-refractivity contribution in [3.8, 4) is 5.75 Å². The molecule has 0 spiro atoms. The van der Waals surface area contributed by atoms with Crippen LogP contribution in [-0.4, -0.2) is 4.92 Å². The van der Waals surface area contributed by atoms with Crippen molar-refractivity contribution in [2.24, 2.45) is 0 Å². The molecule has 2 aromatic rings. The predicted molar refractivity (Wildman–Crippen MR) is 78.5 cm³/mol. The van der Waals surface area contributed by atoms with E-state index in [1.807, 2.05) is 43.3 Å². The van der Waals surface area contributed by atoms with Crippen molar-refractivity contribution in [3.63, 3.8) is 0 Å². The molecule has 0 aromatic heterocycles. The molecule has 2 rings (SSSR count). The number of hydrogen-bond acceptors (Lipinski definition) is 3. The molecule has 0 bridgehead atoms. The van der Waals surface area contributed by atoms with Crippen LogP contribution in [0.4, 0.5) is 10.1 Å². The number of para-hydroxylation sites is 1. The summed E-state index contributed by atoms with van der Waals surface area (Å²) in [5.41, 5.74) is 0.920. The zero-order valence-electron chi connectivity index (χ0n) is 11.5. The number of benzene rings is 2. The standard InChI is InChI=1S/C16H14FNO3/c1-2-5-13-6-3-4-7-16(13)21-11-12-8-9-15(18(19)20)14(17)10-12/h2-10H,11H2,1H3/b5-2+. The quantitative estimate of drug-likeness (QED) is 0.607. The summed E-state index contributed by atoms with van der Waals surface area (Å²) in [6, 6.07) is 11.2. The van der Waals surface area contributed by atoms with Crippen LogP contribution < -0.4 is 4.74 Å². The van der Waals surface area contributed by atoms with E-state index in [2.05, 4.69) is 0 Å². The summed E-state index contributed by atoms with van der Waals surface area (Å²) in [5, 5.41) is 10.6. The van der Waals surface area contributed by atoms with Gasteiger partial charge in [0.2, 0.25) is 5.82 Å². The van der Waals surface area contributed by atoms with Crippen LogP contribution in [0.15, 0.2) is 48.5 Å². The number of nitro groups is 1. The molecule has 5 heteroatoms. The van der Waals surface area contributed by atoms with E-state index in [1.54, 1.807) is 0 Å². The molecule has 4 nitrogen and oxygen atoms in total. The largest absolute Gasteiger partial charge is 0.488 e. The SMILES string of the molecule is C/C=C/c1ccccc1OCc1ccc([N+](=O)[O-])c(F)c1. The van der Waals surface area contributed by atoms with Crippen LogP contribution >= 0.6 is 0 Å². The highest BCUT2D eigenvalue weighted by Gasteiger charge is 2.13. The normalized spacial score (nSPS) is 10.8. The van der Waals surface area contributed by atoms with E-state index in [0.717, 1.165) is 17.7 Å². The second-order valence-electron chi connectivity index (χ2n) is 4.37. The summed E-state index contributed by atoms with van der Waals surface area (Å²) >= 11 is 0. The first-order valence-corrected chi connectivity index (χ1v) is 6.39. The molecule has 0 aliphatic rings. The van der Waals surface area contributed by atoms with Gasteiger partial charge >= 0.3 is 5.69 Å². The molecule has 0 aliphatic heterocycles. The van der Waals surface area contributed by atoms with Crippen LogP contribution in [0, 0.1) is 15.9 Å². The molecule has 0 fully saturated rings. The maximum Gasteiger partial charge on any atom is 0.304 e. The average molecular weight is 287 g/mol. The Morgan fingerprint density at radius 1 is 1.29 bits per heavy atom. The zero-order chi connectivity index (χ0) is 15.2. The summed E-state index contributed by atoms with van der Waals surface area (Å²) in [4.78, 5) is 9.81.